The summed E-state index contributed by atoms with van der Waals surface area (Å²) in [7, 11) is -4.48. The van der Waals surface area contributed by atoms with Gasteiger partial charge in [0.1, 0.15) is 5.56 Å². The largest absolute Gasteiger partial charge is 0.484 e. The van der Waals surface area contributed by atoms with Gasteiger partial charge >= 0.3 is 14.0 Å². The fraction of sp³-hybridized carbons (Fsp3) is 0.455. The van der Waals surface area contributed by atoms with Gasteiger partial charge < -0.3 is 8.85 Å². The second kappa shape index (κ2) is 6.73. The predicted molar refractivity (Wildman–Crippen MR) is 65.8 cm³/mol. The maximum absolute atomic E-state index is 13.9. The molecular weight excluding hydrogens is 361 g/mol. The third-order valence-electron chi connectivity index (χ3n) is 2.51. The SMILES string of the molecule is CCO[Si](Cl)(OCC)c1c(F)c(F)c(C(F)(F)F)c(F)c1F. The van der Waals surface area contributed by atoms with Crippen LogP contribution in [0, 0.1) is 23.3 Å². The Kier molecular flexibility index (Phi) is 5.87. The maximum atomic E-state index is 13.9. The molecule has 0 bridgehead atoms. The summed E-state index contributed by atoms with van der Waals surface area (Å²) >= 11 is 5.79. The van der Waals surface area contributed by atoms with Crippen molar-refractivity contribution in [3.63, 3.8) is 0 Å². The molecule has 1 aromatic carbocycles. The Labute approximate surface area is 126 Å². The normalized spacial score (nSPS) is 12.8. The summed E-state index contributed by atoms with van der Waals surface area (Å²) in [5.74, 6) is -9.76. The quantitative estimate of drug-likeness (QED) is 0.340. The summed E-state index contributed by atoms with van der Waals surface area (Å²) in [6.45, 7) is 2.24. The van der Waals surface area contributed by atoms with Crippen LogP contribution in [0.4, 0.5) is 30.7 Å². The third-order valence-corrected chi connectivity index (χ3v) is 6.08. The van der Waals surface area contributed by atoms with Crippen LogP contribution in [0.15, 0.2) is 0 Å². The Morgan fingerprint density at radius 2 is 1.23 bits per heavy atom. The predicted octanol–water partition coefficient (Wildman–Crippen LogP) is 3.72. The van der Waals surface area contributed by atoms with Crippen molar-refractivity contribution in [2.45, 2.75) is 20.0 Å². The Morgan fingerprint density at radius 1 is 0.864 bits per heavy atom. The van der Waals surface area contributed by atoms with Crippen molar-refractivity contribution in [3.05, 3.63) is 28.8 Å². The van der Waals surface area contributed by atoms with E-state index in [1.54, 1.807) is 0 Å². The first-order valence-electron chi connectivity index (χ1n) is 5.91. The standard InChI is InChI=1S/C11H10ClF7O2Si/c1-3-20-22(12,21-4-2)10-8(15)6(13)5(11(17,18)19)7(14)9(10)16/h3-4H2,1-2H3. The lowest BCUT2D eigenvalue weighted by atomic mass is 10.1. The lowest BCUT2D eigenvalue weighted by molar-refractivity contribution is -0.143. The van der Waals surface area contributed by atoms with Crippen molar-refractivity contribution in [2.24, 2.45) is 0 Å². The smallest absolute Gasteiger partial charge is 0.380 e. The molecule has 0 N–H and O–H groups in total. The second-order valence-corrected chi connectivity index (χ2v) is 7.55. The van der Waals surface area contributed by atoms with Gasteiger partial charge in [0.05, 0.1) is 5.19 Å². The van der Waals surface area contributed by atoms with E-state index in [0.29, 0.717) is 0 Å². The van der Waals surface area contributed by atoms with Crippen LogP contribution in [0.5, 0.6) is 0 Å². The van der Waals surface area contributed by atoms with Crippen molar-refractivity contribution >= 4 is 24.1 Å². The van der Waals surface area contributed by atoms with Crippen molar-refractivity contribution in [1.82, 2.24) is 0 Å². The van der Waals surface area contributed by atoms with Gasteiger partial charge in [-0.05, 0) is 13.8 Å². The average Bonchev–Trinajstić information content (AvgIpc) is 2.35. The summed E-state index contributed by atoms with van der Waals surface area (Å²) in [4.78, 5) is 0. The van der Waals surface area contributed by atoms with Gasteiger partial charge in [-0.3, -0.25) is 0 Å². The minimum absolute atomic E-state index is 0.237. The van der Waals surface area contributed by atoms with E-state index in [0.717, 1.165) is 0 Å². The average molecular weight is 371 g/mol. The van der Waals surface area contributed by atoms with Gasteiger partial charge in [0, 0.05) is 13.2 Å². The van der Waals surface area contributed by atoms with Crippen LogP contribution >= 0.6 is 11.1 Å². The van der Waals surface area contributed by atoms with Crippen LogP contribution in [-0.4, -0.2) is 21.1 Å². The van der Waals surface area contributed by atoms with Crippen LogP contribution in [-0.2, 0) is 15.0 Å². The zero-order chi connectivity index (χ0) is 17.3. The fourth-order valence-corrected chi connectivity index (χ4v) is 4.71. The van der Waals surface area contributed by atoms with E-state index in [9.17, 15) is 30.7 Å². The lowest BCUT2D eigenvalue weighted by Crippen LogP contribution is -2.53. The molecule has 0 aliphatic carbocycles. The van der Waals surface area contributed by atoms with Crippen molar-refractivity contribution in [2.75, 3.05) is 13.2 Å². The molecule has 0 aliphatic rings. The molecule has 2 nitrogen and oxygen atoms in total. The molecule has 0 unspecified atom stereocenters. The van der Waals surface area contributed by atoms with Crippen molar-refractivity contribution in [1.29, 1.82) is 0 Å². The zero-order valence-electron chi connectivity index (χ0n) is 11.3. The van der Waals surface area contributed by atoms with Crippen LogP contribution in [0.2, 0.25) is 0 Å². The van der Waals surface area contributed by atoms with E-state index in [2.05, 4.69) is 0 Å². The molecule has 1 rings (SSSR count). The monoisotopic (exact) mass is 370 g/mol. The zero-order valence-corrected chi connectivity index (χ0v) is 13.0. The Bertz CT molecular complexity index is 529. The third kappa shape index (κ3) is 3.39. The highest BCUT2D eigenvalue weighted by molar-refractivity contribution is 7.20. The minimum Gasteiger partial charge on any atom is -0.380 e. The summed E-state index contributed by atoms with van der Waals surface area (Å²) < 4.78 is 102. The van der Waals surface area contributed by atoms with Crippen molar-refractivity contribution in [3.8, 4) is 0 Å². The highest BCUT2D eigenvalue weighted by Crippen LogP contribution is 2.36. The fourth-order valence-electron chi connectivity index (χ4n) is 1.70. The number of halogens is 8. The molecule has 0 atom stereocenters. The Morgan fingerprint density at radius 3 is 1.50 bits per heavy atom. The van der Waals surface area contributed by atoms with Gasteiger partial charge in [0.2, 0.25) is 0 Å². The molecule has 0 aromatic heterocycles. The summed E-state index contributed by atoms with van der Waals surface area (Å²) in [5.41, 5.74) is -2.67. The number of hydrogen-bond acceptors (Lipinski definition) is 2. The molecule has 0 amide bonds. The molecule has 0 aliphatic heterocycles. The summed E-state index contributed by atoms with van der Waals surface area (Å²) in [6.07, 6.45) is -5.62. The maximum Gasteiger partial charge on any atom is 0.484 e. The van der Waals surface area contributed by atoms with E-state index in [-0.39, 0.29) is 13.2 Å². The van der Waals surface area contributed by atoms with Crippen LogP contribution < -0.4 is 5.19 Å². The number of hydrogen-bond donors (Lipinski definition) is 0. The molecular formula is C11H10ClF7O2Si. The molecule has 0 fully saturated rings. The van der Waals surface area contributed by atoms with Crippen molar-refractivity contribution < 1.29 is 39.6 Å². The minimum atomic E-state index is -5.62. The first-order chi connectivity index (χ1) is 10.0. The van der Waals surface area contributed by atoms with Gasteiger partial charge in [-0.15, -0.1) is 0 Å². The Balaban J connectivity index is 3.71. The second-order valence-electron chi connectivity index (χ2n) is 3.91. The van der Waals surface area contributed by atoms with E-state index in [4.69, 9.17) is 19.9 Å². The molecule has 0 spiro atoms. The molecule has 0 heterocycles. The molecule has 126 valence electrons. The van der Waals surface area contributed by atoms with Gasteiger partial charge in [-0.1, -0.05) is 11.1 Å². The summed E-state index contributed by atoms with van der Waals surface area (Å²) in [6, 6.07) is 0. The van der Waals surface area contributed by atoms with E-state index < -0.39 is 48.1 Å². The number of rotatable bonds is 5. The number of benzene rings is 1. The molecule has 0 saturated heterocycles. The van der Waals surface area contributed by atoms with E-state index >= 15 is 0 Å². The van der Waals surface area contributed by atoms with Gasteiger partial charge in [-0.2, -0.15) is 13.2 Å². The van der Waals surface area contributed by atoms with Gasteiger partial charge in [0.15, 0.2) is 23.3 Å². The molecule has 0 radical (unpaired) electrons. The first kappa shape index (κ1) is 19.2. The van der Waals surface area contributed by atoms with Gasteiger partial charge in [0.25, 0.3) is 0 Å². The highest BCUT2D eigenvalue weighted by Gasteiger charge is 2.50. The molecule has 22 heavy (non-hydrogen) atoms. The van der Waals surface area contributed by atoms with Gasteiger partial charge in [-0.25, -0.2) is 17.6 Å². The van der Waals surface area contributed by atoms with Crippen LogP contribution in [0.3, 0.4) is 0 Å². The number of alkyl halides is 3. The Hall–Kier alpha value is -0.843. The van der Waals surface area contributed by atoms with E-state index in [1.807, 2.05) is 0 Å². The van der Waals surface area contributed by atoms with Crippen LogP contribution in [0.25, 0.3) is 0 Å². The lowest BCUT2D eigenvalue weighted by Gasteiger charge is -2.25. The first-order valence-corrected chi connectivity index (χ1v) is 8.74. The summed E-state index contributed by atoms with van der Waals surface area (Å²) in [5, 5.41) is -1.49. The van der Waals surface area contributed by atoms with E-state index in [1.165, 1.54) is 13.8 Å². The molecule has 11 heteroatoms. The highest BCUT2D eigenvalue weighted by atomic mass is 35.6. The topological polar surface area (TPSA) is 18.5 Å². The molecule has 0 saturated carbocycles. The van der Waals surface area contributed by atoms with Crippen LogP contribution in [0.1, 0.15) is 19.4 Å². The molecule has 1 aromatic rings.